The Morgan fingerprint density at radius 2 is 1.55 bits per heavy atom. The van der Waals surface area contributed by atoms with Gasteiger partial charge in [-0.25, -0.2) is 0 Å². The Hall–Kier alpha value is -1.13. The molecule has 0 fully saturated rings. The van der Waals surface area contributed by atoms with Crippen molar-refractivity contribution in [3.63, 3.8) is 0 Å². The van der Waals surface area contributed by atoms with Gasteiger partial charge in [-0.2, -0.15) is 0 Å². The third kappa shape index (κ3) is 4.43. The topological polar surface area (TPSA) is 46.5 Å². The first kappa shape index (κ1) is 18.9. The molecule has 0 radical (unpaired) electrons. The molecule has 0 amide bonds. The van der Waals surface area contributed by atoms with E-state index in [-0.39, 0.29) is 6.42 Å². The Morgan fingerprint density at radius 3 is 2.00 bits per heavy atom. The lowest BCUT2D eigenvalue weighted by atomic mass is 10.1. The van der Waals surface area contributed by atoms with Gasteiger partial charge < -0.3 is 9.53 Å². The molecule has 4 heteroatoms. The van der Waals surface area contributed by atoms with E-state index in [9.17, 15) is 4.79 Å². The van der Waals surface area contributed by atoms with E-state index >= 15 is 0 Å². The van der Waals surface area contributed by atoms with Crippen LogP contribution in [0.1, 0.15) is 52.7 Å². The number of rotatable bonds is 8. The summed E-state index contributed by atoms with van der Waals surface area (Å²) in [7, 11) is -1.88. The van der Waals surface area contributed by atoms with Gasteiger partial charge in [0.25, 0.3) is 0 Å². The molecular formula is C18H30O3Si. The van der Waals surface area contributed by atoms with Crippen molar-refractivity contribution in [3.05, 3.63) is 35.4 Å². The highest BCUT2D eigenvalue weighted by Crippen LogP contribution is 2.42. The van der Waals surface area contributed by atoms with Crippen molar-refractivity contribution in [1.82, 2.24) is 0 Å². The Morgan fingerprint density at radius 1 is 1.05 bits per heavy atom. The van der Waals surface area contributed by atoms with Crippen LogP contribution in [0.15, 0.2) is 24.3 Å². The van der Waals surface area contributed by atoms with E-state index in [1.807, 2.05) is 24.3 Å². The smallest absolute Gasteiger partial charge is 0.307 e. The molecule has 0 unspecified atom stereocenters. The van der Waals surface area contributed by atoms with Crippen LogP contribution in [0.25, 0.3) is 0 Å². The first-order chi connectivity index (χ1) is 10.2. The molecule has 0 spiro atoms. The molecule has 22 heavy (non-hydrogen) atoms. The van der Waals surface area contributed by atoms with Gasteiger partial charge in [-0.1, -0.05) is 65.8 Å². The second kappa shape index (κ2) is 7.93. The van der Waals surface area contributed by atoms with Crippen LogP contribution in [-0.2, 0) is 22.2 Å². The summed E-state index contributed by atoms with van der Waals surface area (Å²) in [5.41, 5.74) is 3.55. The van der Waals surface area contributed by atoms with Crippen LogP contribution >= 0.6 is 0 Å². The lowest BCUT2D eigenvalue weighted by molar-refractivity contribution is -0.136. The second-order valence-corrected chi connectivity index (χ2v) is 12.5. The fourth-order valence-corrected chi connectivity index (χ4v) is 9.13. The maximum absolute atomic E-state index is 10.8. The number of hydrogen-bond acceptors (Lipinski definition) is 2. The average Bonchev–Trinajstić information content (AvgIpc) is 2.37. The molecule has 0 aromatic heterocycles. The normalized spacial score (nSPS) is 12.4. The molecule has 0 atom stereocenters. The Kier molecular flexibility index (Phi) is 6.82. The minimum Gasteiger partial charge on any atom is -0.481 e. The lowest BCUT2D eigenvalue weighted by Crippen LogP contribution is -2.47. The van der Waals surface area contributed by atoms with Gasteiger partial charge >= 0.3 is 5.97 Å². The third-order valence-electron chi connectivity index (χ3n) is 4.54. The Labute approximate surface area is 135 Å². The predicted molar refractivity (Wildman–Crippen MR) is 93.6 cm³/mol. The summed E-state index contributed by atoms with van der Waals surface area (Å²) in [5.74, 6) is -0.798. The summed E-state index contributed by atoms with van der Waals surface area (Å²) in [6, 6.07) is 7.75. The van der Waals surface area contributed by atoms with Crippen LogP contribution in [0.5, 0.6) is 0 Å². The van der Waals surface area contributed by atoms with E-state index in [0.717, 1.165) is 11.1 Å². The molecule has 124 valence electrons. The first-order valence-corrected chi connectivity index (χ1v) is 10.3. The van der Waals surface area contributed by atoms with Crippen molar-refractivity contribution < 1.29 is 14.3 Å². The minimum absolute atomic E-state index is 0.0644. The third-order valence-corrected chi connectivity index (χ3v) is 10.6. The molecule has 0 aliphatic carbocycles. The Balaban J connectivity index is 2.92. The number of hydrogen-bond donors (Lipinski definition) is 1. The first-order valence-electron chi connectivity index (χ1n) is 8.13. The van der Waals surface area contributed by atoms with Gasteiger partial charge in [0, 0.05) is 0 Å². The summed E-state index contributed by atoms with van der Waals surface area (Å²) in [6.07, 6.45) is 0.0644. The highest BCUT2D eigenvalue weighted by Gasteiger charge is 2.44. The average molecular weight is 323 g/mol. The van der Waals surface area contributed by atoms with Crippen molar-refractivity contribution >= 4 is 14.3 Å². The van der Waals surface area contributed by atoms with Crippen molar-refractivity contribution in [2.24, 2.45) is 0 Å². The van der Waals surface area contributed by atoms with Gasteiger partial charge in [-0.15, -0.1) is 0 Å². The Bertz CT molecular complexity index is 473. The SMILES string of the molecule is CC(C)[Si](OCc1cccc(CC(=O)O)c1)(C(C)C)C(C)C. The van der Waals surface area contributed by atoms with Crippen molar-refractivity contribution in [2.45, 2.75) is 71.2 Å². The van der Waals surface area contributed by atoms with Crippen LogP contribution in [0.4, 0.5) is 0 Å². The monoisotopic (exact) mass is 322 g/mol. The van der Waals surface area contributed by atoms with Gasteiger partial charge in [-0.05, 0) is 27.8 Å². The molecular weight excluding hydrogens is 292 g/mol. The van der Waals surface area contributed by atoms with Crippen molar-refractivity contribution in [2.75, 3.05) is 0 Å². The van der Waals surface area contributed by atoms with Crippen LogP contribution in [0, 0.1) is 0 Å². The summed E-state index contributed by atoms with van der Waals surface area (Å²) in [6.45, 7) is 14.2. The van der Waals surface area contributed by atoms with E-state index in [0.29, 0.717) is 23.2 Å². The zero-order valence-electron chi connectivity index (χ0n) is 14.7. The highest BCUT2D eigenvalue weighted by molar-refractivity contribution is 6.77. The van der Waals surface area contributed by atoms with E-state index in [1.165, 1.54) is 0 Å². The van der Waals surface area contributed by atoms with Crippen LogP contribution in [0.3, 0.4) is 0 Å². The fourth-order valence-electron chi connectivity index (χ4n) is 3.71. The number of carbonyl (C=O) groups is 1. The van der Waals surface area contributed by atoms with E-state index in [4.69, 9.17) is 9.53 Å². The van der Waals surface area contributed by atoms with E-state index in [2.05, 4.69) is 41.5 Å². The maximum Gasteiger partial charge on any atom is 0.307 e. The minimum atomic E-state index is -1.88. The fraction of sp³-hybridized carbons (Fsp3) is 0.611. The van der Waals surface area contributed by atoms with E-state index < -0.39 is 14.3 Å². The molecule has 1 aromatic rings. The number of carboxylic acid groups (broad SMARTS) is 1. The van der Waals surface area contributed by atoms with Crippen LogP contribution in [0.2, 0.25) is 16.6 Å². The van der Waals surface area contributed by atoms with Gasteiger partial charge in [0.1, 0.15) is 0 Å². The largest absolute Gasteiger partial charge is 0.481 e. The molecule has 0 bridgehead atoms. The molecule has 1 aromatic carbocycles. The van der Waals surface area contributed by atoms with Gasteiger partial charge in [-0.3, -0.25) is 4.79 Å². The zero-order chi connectivity index (χ0) is 16.9. The summed E-state index contributed by atoms with van der Waals surface area (Å²) < 4.78 is 6.55. The van der Waals surface area contributed by atoms with Crippen LogP contribution < -0.4 is 0 Å². The molecule has 1 N–H and O–H groups in total. The molecule has 0 aliphatic rings. The van der Waals surface area contributed by atoms with E-state index in [1.54, 1.807) is 0 Å². The molecule has 0 saturated carbocycles. The molecule has 0 heterocycles. The summed E-state index contributed by atoms with van der Waals surface area (Å²) >= 11 is 0. The zero-order valence-corrected chi connectivity index (χ0v) is 15.7. The standard InChI is InChI=1S/C18H30O3Si/c1-13(2)22(14(3)4,15(5)6)21-12-17-9-7-8-16(10-17)11-18(19)20/h7-10,13-15H,11-12H2,1-6H3,(H,19,20). The molecule has 0 aliphatic heterocycles. The predicted octanol–water partition coefficient (Wildman–Crippen LogP) is 5.01. The molecule has 0 saturated heterocycles. The number of carboxylic acids is 1. The van der Waals surface area contributed by atoms with Gasteiger partial charge in [0.2, 0.25) is 8.32 Å². The molecule has 3 nitrogen and oxygen atoms in total. The summed E-state index contributed by atoms with van der Waals surface area (Å²) in [4.78, 5) is 10.8. The highest BCUT2D eigenvalue weighted by atomic mass is 28.4. The second-order valence-electron chi connectivity index (χ2n) is 7.00. The van der Waals surface area contributed by atoms with Gasteiger partial charge in [0.15, 0.2) is 0 Å². The lowest BCUT2D eigenvalue weighted by Gasteiger charge is -2.42. The summed E-state index contributed by atoms with van der Waals surface area (Å²) in [5, 5.41) is 8.91. The molecule has 1 rings (SSSR count). The number of benzene rings is 1. The van der Waals surface area contributed by atoms with Crippen molar-refractivity contribution in [1.29, 1.82) is 0 Å². The quantitative estimate of drug-likeness (QED) is 0.685. The van der Waals surface area contributed by atoms with Crippen molar-refractivity contribution in [3.8, 4) is 0 Å². The number of aliphatic carboxylic acids is 1. The van der Waals surface area contributed by atoms with Crippen LogP contribution in [-0.4, -0.2) is 19.4 Å². The van der Waals surface area contributed by atoms with Gasteiger partial charge in [0.05, 0.1) is 13.0 Å². The maximum atomic E-state index is 10.8.